The average Bonchev–Trinajstić information content (AvgIpc) is 2.74. The van der Waals surface area contributed by atoms with Crippen LogP contribution in [0.25, 0.3) is 0 Å². The van der Waals surface area contributed by atoms with Crippen molar-refractivity contribution in [2.24, 2.45) is 0 Å². The molecule has 0 bridgehead atoms. The Morgan fingerprint density at radius 2 is 2.04 bits per heavy atom. The van der Waals surface area contributed by atoms with Gasteiger partial charge in [0, 0.05) is 30.1 Å². The fourth-order valence-corrected chi connectivity index (χ4v) is 3.41. The Labute approximate surface area is 173 Å². The molecule has 0 aliphatic carbocycles. The zero-order valence-electron chi connectivity index (χ0n) is 15.9. The highest BCUT2D eigenvalue weighted by atomic mass is 79.9. The van der Waals surface area contributed by atoms with Gasteiger partial charge in [-0.25, -0.2) is 4.79 Å². The number of hydrogen-bond acceptors (Lipinski definition) is 5. The largest absolute Gasteiger partial charge is 0.493 e. The summed E-state index contributed by atoms with van der Waals surface area (Å²) in [6.07, 6.45) is 0.507. The maximum atomic E-state index is 12.4. The SMILES string of the molecule is COc1cc(Br)ccc1OCC[C@@H]1CN(C(=O)OCc2ccccc2)CCN1. The van der Waals surface area contributed by atoms with Crippen molar-refractivity contribution < 1.29 is 19.0 Å². The summed E-state index contributed by atoms with van der Waals surface area (Å²) < 4.78 is 17.6. The second kappa shape index (κ2) is 10.3. The Hall–Kier alpha value is -2.25. The number of rotatable bonds is 7. The van der Waals surface area contributed by atoms with E-state index in [0.29, 0.717) is 37.8 Å². The van der Waals surface area contributed by atoms with Crippen LogP contribution < -0.4 is 14.8 Å². The molecule has 6 nitrogen and oxygen atoms in total. The topological polar surface area (TPSA) is 60.0 Å². The summed E-state index contributed by atoms with van der Waals surface area (Å²) in [6, 6.07) is 15.5. The number of carbonyl (C=O) groups excluding carboxylic acids is 1. The van der Waals surface area contributed by atoms with Crippen molar-refractivity contribution in [3.05, 3.63) is 58.6 Å². The molecule has 0 spiro atoms. The van der Waals surface area contributed by atoms with E-state index in [9.17, 15) is 4.79 Å². The fourth-order valence-electron chi connectivity index (χ4n) is 3.07. The van der Waals surface area contributed by atoms with Gasteiger partial charge in [0.25, 0.3) is 0 Å². The summed E-state index contributed by atoms with van der Waals surface area (Å²) in [4.78, 5) is 14.1. The fraction of sp³-hybridized carbons (Fsp3) is 0.381. The Morgan fingerprint density at radius 1 is 1.21 bits per heavy atom. The molecule has 0 radical (unpaired) electrons. The lowest BCUT2D eigenvalue weighted by Crippen LogP contribution is -2.53. The first-order chi connectivity index (χ1) is 13.7. The molecule has 7 heteroatoms. The van der Waals surface area contributed by atoms with Gasteiger partial charge in [-0.05, 0) is 30.2 Å². The predicted octanol–water partition coefficient (Wildman–Crippen LogP) is 3.84. The molecular formula is C21H25BrN2O4. The summed E-state index contributed by atoms with van der Waals surface area (Å²) in [5, 5.41) is 3.43. The van der Waals surface area contributed by atoms with Crippen LogP contribution in [0.4, 0.5) is 4.79 Å². The lowest BCUT2D eigenvalue weighted by molar-refractivity contribution is 0.0827. The lowest BCUT2D eigenvalue weighted by Gasteiger charge is -2.33. The van der Waals surface area contributed by atoms with E-state index >= 15 is 0 Å². The van der Waals surface area contributed by atoms with Crippen LogP contribution in [0.5, 0.6) is 11.5 Å². The van der Waals surface area contributed by atoms with Crippen LogP contribution in [-0.4, -0.2) is 50.4 Å². The summed E-state index contributed by atoms with van der Waals surface area (Å²) in [5.74, 6) is 1.40. The number of ether oxygens (including phenoxy) is 3. The molecule has 3 rings (SSSR count). The van der Waals surface area contributed by atoms with Crippen LogP contribution in [0.3, 0.4) is 0 Å². The molecule has 1 aliphatic rings. The third kappa shape index (κ3) is 5.87. The number of amides is 1. The van der Waals surface area contributed by atoms with Crippen LogP contribution >= 0.6 is 15.9 Å². The van der Waals surface area contributed by atoms with Crippen molar-refractivity contribution in [3.8, 4) is 11.5 Å². The molecule has 150 valence electrons. The van der Waals surface area contributed by atoms with Gasteiger partial charge in [0.05, 0.1) is 13.7 Å². The monoisotopic (exact) mass is 448 g/mol. The van der Waals surface area contributed by atoms with Crippen molar-refractivity contribution in [3.63, 3.8) is 0 Å². The number of methoxy groups -OCH3 is 1. The van der Waals surface area contributed by atoms with Crippen LogP contribution in [-0.2, 0) is 11.3 Å². The highest BCUT2D eigenvalue weighted by Gasteiger charge is 2.24. The summed E-state index contributed by atoms with van der Waals surface area (Å²) in [7, 11) is 1.62. The second-order valence-electron chi connectivity index (χ2n) is 6.57. The van der Waals surface area contributed by atoms with Crippen LogP contribution in [0, 0.1) is 0 Å². The number of nitrogens with zero attached hydrogens (tertiary/aromatic N) is 1. The lowest BCUT2D eigenvalue weighted by atomic mass is 10.1. The van der Waals surface area contributed by atoms with Crippen molar-refractivity contribution in [2.45, 2.75) is 19.1 Å². The molecule has 2 aromatic carbocycles. The molecule has 1 amide bonds. The van der Waals surface area contributed by atoms with E-state index in [-0.39, 0.29) is 12.1 Å². The van der Waals surface area contributed by atoms with Crippen LogP contribution in [0.1, 0.15) is 12.0 Å². The first-order valence-electron chi connectivity index (χ1n) is 9.31. The summed E-state index contributed by atoms with van der Waals surface area (Å²) in [6.45, 7) is 2.82. The van der Waals surface area contributed by atoms with Crippen LogP contribution in [0.15, 0.2) is 53.0 Å². The van der Waals surface area contributed by atoms with Gasteiger partial charge in [0.1, 0.15) is 6.61 Å². The van der Waals surface area contributed by atoms with Crippen molar-refractivity contribution in [1.82, 2.24) is 10.2 Å². The molecular weight excluding hydrogens is 424 g/mol. The molecule has 1 aliphatic heterocycles. The normalized spacial score (nSPS) is 16.5. The molecule has 0 saturated carbocycles. The molecule has 1 heterocycles. The van der Waals surface area contributed by atoms with Gasteiger partial charge in [0.2, 0.25) is 0 Å². The maximum absolute atomic E-state index is 12.4. The molecule has 28 heavy (non-hydrogen) atoms. The maximum Gasteiger partial charge on any atom is 0.410 e. The van der Waals surface area contributed by atoms with Crippen molar-refractivity contribution in [2.75, 3.05) is 33.4 Å². The minimum atomic E-state index is -0.272. The number of benzene rings is 2. The molecule has 2 aromatic rings. The van der Waals surface area contributed by atoms with Crippen molar-refractivity contribution in [1.29, 1.82) is 0 Å². The molecule has 1 saturated heterocycles. The Balaban J connectivity index is 1.44. The Bertz CT molecular complexity index is 772. The first kappa shape index (κ1) is 20.5. The molecule has 0 unspecified atom stereocenters. The highest BCUT2D eigenvalue weighted by molar-refractivity contribution is 9.10. The molecule has 0 aromatic heterocycles. The zero-order valence-corrected chi connectivity index (χ0v) is 17.5. The summed E-state index contributed by atoms with van der Waals surface area (Å²) in [5.41, 5.74) is 0.986. The number of piperazine rings is 1. The van der Waals surface area contributed by atoms with Gasteiger partial charge < -0.3 is 24.4 Å². The third-order valence-corrected chi connectivity index (χ3v) is 5.06. The minimum Gasteiger partial charge on any atom is -0.493 e. The number of hydrogen-bond donors (Lipinski definition) is 1. The predicted molar refractivity (Wildman–Crippen MR) is 111 cm³/mol. The second-order valence-corrected chi connectivity index (χ2v) is 7.49. The van der Waals surface area contributed by atoms with E-state index in [1.807, 2.05) is 48.5 Å². The van der Waals surface area contributed by atoms with E-state index in [2.05, 4.69) is 21.2 Å². The number of carbonyl (C=O) groups is 1. The Morgan fingerprint density at radius 3 is 2.82 bits per heavy atom. The van der Waals surface area contributed by atoms with E-state index in [1.165, 1.54) is 0 Å². The molecule has 1 N–H and O–H groups in total. The van der Waals surface area contributed by atoms with Gasteiger partial charge in [-0.3, -0.25) is 0 Å². The standard InChI is InChI=1S/C21H25BrN2O4/c1-26-20-13-17(22)7-8-19(20)27-12-9-18-14-24(11-10-23-18)21(25)28-15-16-5-3-2-4-6-16/h2-8,13,18,23H,9-12,14-15H2,1H3/t18-/m1/s1. The van der Waals surface area contributed by atoms with E-state index in [1.54, 1.807) is 12.0 Å². The smallest absolute Gasteiger partial charge is 0.410 e. The highest BCUT2D eigenvalue weighted by Crippen LogP contribution is 2.30. The van der Waals surface area contributed by atoms with Crippen LogP contribution in [0.2, 0.25) is 0 Å². The van der Waals surface area contributed by atoms with E-state index in [0.717, 1.165) is 23.0 Å². The van der Waals surface area contributed by atoms with Crippen molar-refractivity contribution >= 4 is 22.0 Å². The third-order valence-electron chi connectivity index (χ3n) is 4.57. The van der Waals surface area contributed by atoms with Gasteiger partial charge in [-0.2, -0.15) is 0 Å². The van der Waals surface area contributed by atoms with E-state index in [4.69, 9.17) is 14.2 Å². The number of nitrogens with one attached hydrogen (secondary N) is 1. The molecule has 1 fully saturated rings. The van der Waals surface area contributed by atoms with Gasteiger partial charge in [-0.15, -0.1) is 0 Å². The molecule has 1 atom stereocenters. The first-order valence-corrected chi connectivity index (χ1v) is 10.1. The van der Waals surface area contributed by atoms with E-state index < -0.39 is 0 Å². The van der Waals surface area contributed by atoms with Gasteiger partial charge in [-0.1, -0.05) is 46.3 Å². The van der Waals surface area contributed by atoms with Gasteiger partial charge in [0.15, 0.2) is 11.5 Å². The average molecular weight is 449 g/mol. The summed E-state index contributed by atoms with van der Waals surface area (Å²) >= 11 is 3.42. The Kier molecular flexibility index (Phi) is 7.56. The quantitative estimate of drug-likeness (QED) is 0.696. The zero-order chi connectivity index (χ0) is 19.8. The minimum absolute atomic E-state index is 0.166. The van der Waals surface area contributed by atoms with Gasteiger partial charge >= 0.3 is 6.09 Å². The number of halogens is 1.